The van der Waals surface area contributed by atoms with E-state index in [2.05, 4.69) is 20.8 Å². The van der Waals surface area contributed by atoms with Crippen molar-refractivity contribution in [3.05, 3.63) is 41.0 Å². The molecule has 0 aliphatic heterocycles. The number of H-pyrrole nitrogens is 1. The first-order chi connectivity index (χ1) is 10.8. The van der Waals surface area contributed by atoms with E-state index in [9.17, 15) is 14.0 Å². The molecule has 0 saturated carbocycles. The molecule has 8 heteroatoms. The molecule has 0 saturated heterocycles. The van der Waals surface area contributed by atoms with Crippen LogP contribution in [0, 0.1) is 19.7 Å². The van der Waals surface area contributed by atoms with Crippen molar-refractivity contribution >= 4 is 23.3 Å². The van der Waals surface area contributed by atoms with E-state index < -0.39 is 17.8 Å². The van der Waals surface area contributed by atoms with E-state index in [1.54, 1.807) is 13.8 Å². The smallest absolute Gasteiger partial charge is 0.323 e. The molecule has 122 valence electrons. The number of nitrogens with one attached hydrogen (secondary N) is 3. The fourth-order valence-electron chi connectivity index (χ4n) is 2.02. The van der Waals surface area contributed by atoms with Crippen molar-refractivity contribution in [2.24, 2.45) is 0 Å². The van der Waals surface area contributed by atoms with Gasteiger partial charge in [-0.2, -0.15) is 5.10 Å². The number of carbonyl (C=O) groups excluding carboxylic acids is 2. The van der Waals surface area contributed by atoms with Gasteiger partial charge in [-0.3, -0.25) is 9.89 Å². The summed E-state index contributed by atoms with van der Waals surface area (Å²) in [5, 5.41) is 12.0. The van der Waals surface area contributed by atoms with Crippen molar-refractivity contribution in [2.75, 3.05) is 24.7 Å². The molecule has 2 aromatic rings. The predicted octanol–water partition coefficient (Wildman–Crippen LogP) is 2.51. The third-order valence-corrected chi connectivity index (χ3v) is 3.23. The maximum Gasteiger partial charge on any atom is 0.323 e. The average molecular weight is 319 g/mol. The second-order valence-electron chi connectivity index (χ2n) is 5.28. The zero-order chi connectivity index (χ0) is 17.1. The SMILES string of the molecule is Cc1n[nH]c(C)c1NC(=O)Nc1ccc(F)c(C(=O)N(C)C)c1. The number of halogens is 1. The Morgan fingerprint density at radius 3 is 2.48 bits per heavy atom. The molecule has 0 bridgehead atoms. The van der Waals surface area contributed by atoms with Crippen molar-refractivity contribution in [2.45, 2.75) is 13.8 Å². The van der Waals surface area contributed by atoms with Gasteiger partial charge in [0.05, 0.1) is 22.6 Å². The molecule has 1 aromatic heterocycles. The molecule has 0 atom stereocenters. The summed E-state index contributed by atoms with van der Waals surface area (Å²) in [5.41, 5.74) is 2.16. The molecule has 0 fully saturated rings. The van der Waals surface area contributed by atoms with Crippen molar-refractivity contribution in [1.82, 2.24) is 15.1 Å². The first-order valence-electron chi connectivity index (χ1n) is 6.90. The van der Waals surface area contributed by atoms with E-state index in [1.807, 2.05) is 0 Å². The van der Waals surface area contributed by atoms with Crippen LogP contribution >= 0.6 is 0 Å². The summed E-state index contributed by atoms with van der Waals surface area (Å²) < 4.78 is 13.7. The Kier molecular flexibility index (Phi) is 4.63. The topological polar surface area (TPSA) is 90.1 Å². The maximum absolute atomic E-state index is 13.7. The third kappa shape index (κ3) is 3.65. The van der Waals surface area contributed by atoms with E-state index in [0.717, 1.165) is 11.8 Å². The zero-order valence-corrected chi connectivity index (χ0v) is 13.3. The van der Waals surface area contributed by atoms with Gasteiger partial charge in [-0.25, -0.2) is 9.18 Å². The minimum Gasteiger partial charge on any atom is -0.345 e. The minimum absolute atomic E-state index is 0.108. The predicted molar refractivity (Wildman–Crippen MR) is 85.1 cm³/mol. The lowest BCUT2D eigenvalue weighted by atomic mass is 10.1. The number of hydrogen-bond donors (Lipinski definition) is 3. The molecule has 1 heterocycles. The van der Waals surface area contributed by atoms with Crippen LogP contribution in [0.1, 0.15) is 21.7 Å². The standard InChI is InChI=1S/C15H18FN5O2/c1-8-13(9(2)20-19-8)18-15(23)17-10-5-6-12(16)11(7-10)14(22)21(3)4/h5-7H,1-4H3,(H,19,20)(H2,17,18,23). The number of hydrogen-bond acceptors (Lipinski definition) is 3. The summed E-state index contributed by atoms with van der Waals surface area (Å²) in [6.07, 6.45) is 0. The highest BCUT2D eigenvalue weighted by atomic mass is 19.1. The molecular formula is C15H18FN5O2. The van der Waals surface area contributed by atoms with Crippen molar-refractivity contribution in [3.8, 4) is 0 Å². The molecule has 0 aliphatic rings. The molecule has 7 nitrogen and oxygen atoms in total. The Morgan fingerprint density at radius 1 is 1.22 bits per heavy atom. The lowest BCUT2D eigenvalue weighted by molar-refractivity contribution is 0.0823. The van der Waals surface area contributed by atoms with Crippen LogP contribution in [0.5, 0.6) is 0 Å². The molecule has 3 N–H and O–H groups in total. The van der Waals surface area contributed by atoms with Crippen LogP contribution < -0.4 is 10.6 Å². The van der Waals surface area contributed by atoms with Crippen molar-refractivity contribution in [1.29, 1.82) is 0 Å². The lowest BCUT2D eigenvalue weighted by Gasteiger charge is -2.13. The van der Waals surface area contributed by atoms with Crippen LogP contribution in [0.25, 0.3) is 0 Å². The van der Waals surface area contributed by atoms with Gasteiger partial charge >= 0.3 is 6.03 Å². The van der Waals surface area contributed by atoms with Gasteiger partial charge in [-0.15, -0.1) is 0 Å². The second kappa shape index (κ2) is 6.47. The normalized spacial score (nSPS) is 10.3. The molecule has 3 amide bonds. The second-order valence-corrected chi connectivity index (χ2v) is 5.28. The molecule has 23 heavy (non-hydrogen) atoms. The monoisotopic (exact) mass is 319 g/mol. The van der Waals surface area contributed by atoms with Gasteiger partial charge in [-0.05, 0) is 32.0 Å². The van der Waals surface area contributed by atoms with Gasteiger partial charge in [0.2, 0.25) is 0 Å². The highest BCUT2D eigenvalue weighted by molar-refractivity contribution is 6.02. The van der Waals surface area contributed by atoms with E-state index in [0.29, 0.717) is 17.1 Å². The number of anilines is 2. The van der Waals surface area contributed by atoms with Crippen LogP contribution in [0.15, 0.2) is 18.2 Å². The fourth-order valence-corrected chi connectivity index (χ4v) is 2.02. The van der Waals surface area contributed by atoms with E-state index >= 15 is 0 Å². The summed E-state index contributed by atoms with van der Waals surface area (Å²) in [4.78, 5) is 25.2. The van der Waals surface area contributed by atoms with Gasteiger partial charge in [-0.1, -0.05) is 0 Å². The highest BCUT2D eigenvalue weighted by Gasteiger charge is 2.16. The van der Waals surface area contributed by atoms with Gasteiger partial charge in [0, 0.05) is 19.8 Å². The molecule has 0 radical (unpaired) electrons. The van der Waals surface area contributed by atoms with Crippen LogP contribution in [0.4, 0.5) is 20.6 Å². The Hall–Kier alpha value is -2.90. The van der Waals surface area contributed by atoms with Crippen LogP contribution in [-0.4, -0.2) is 41.1 Å². The molecule has 2 rings (SSSR count). The number of aryl methyl sites for hydroxylation is 2. The number of aromatic nitrogens is 2. The molecule has 0 unspecified atom stereocenters. The van der Waals surface area contributed by atoms with Gasteiger partial charge in [0.15, 0.2) is 0 Å². The lowest BCUT2D eigenvalue weighted by Crippen LogP contribution is -2.24. The highest BCUT2D eigenvalue weighted by Crippen LogP contribution is 2.18. The molecule has 0 spiro atoms. The Labute approximate surface area is 132 Å². The number of aromatic amines is 1. The summed E-state index contributed by atoms with van der Waals surface area (Å²) in [6, 6.07) is 3.32. The number of urea groups is 1. The molecule has 0 aliphatic carbocycles. The number of amides is 3. The first kappa shape index (κ1) is 16.5. The van der Waals surface area contributed by atoms with E-state index in [-0.39, 0.29) is 5.56 Å². The van der Waals surface area contributed by atoms with Crippen LogP contribution in [-0.2, 0) is 0 Å². The Bertz CT molecular complexity index is 735. The number of benzene rings is 1. The van der Waals surface area contributed by atoms with Crippen LogP contribution in [0.3, 0.4) is 0 Å². The fraction of sp³-hybridized carbons (Fsp3) is 0.267. The minimum atomic E-state index is -0.642. The first-order valence-corrected chi connectivity index (χ1v) is 6.90. The van der Waals surface area contributed by atoms with E-state index in [4.69, 9.17) is 0 Å². The number of carbonyl (C=O) groups is 2. The average Bonchev–Trinajstić information content (AvgIpc) is 2.80. The largest absolute Gasteiger partial charge is 0.345 e. The summed E-state index contributed by atoms with van der Waals surface area (Å²) in [7, 11) is 3.05. The maximum atomic E-state index is 13.7. The number of nitrogens with zero attached hydrogens (tertiary/aromatic N) is 2. The van der Waals surface area contributed by atoms with Crippen LogP contribution in [0.2, 0.25) is 0 Å². The number of rotatable bonds is 3. The van der Waals surface area contributed by atoms with Crippen molar-refractivity contribution in [3.63, 3.8) is 0 Å². The summed E-state index contributed by atoms with van der Waals surface area (Å²) in [6.45, 7) is 3.53. The molecule has 1 aromatic carbocycles. The summed E-state index contributed by atoms with van der Waals surface area (Å²) in [5.74, 6) is -1.12. The third-order valence-electron chi connectivity index (χ3n) is 3.23. The summed E-state index contributed by atoms with van der Waals surface area (Å²) >= 11 is 0. The quantitative estimate of drug-likeness (QED) is 0.812. The van der Waals surface area contributed by atoms with Gasteiger partial charge < -0.3 is 15.5 Å². The van der Waals surface area contributed by atoms with E-state index in [1.165, 1.54) is 31.1 Å². The van der Waals surface area contributed by atoms with Gasteiger partial charge in [0.1, 0.15) is 5.82 Å². The van der Waals surface area contributed by atoms with Gasteiger partial charge in [0.25, 0.3) is 5.91 Å². The zero-order valence-electron chi connectivity index (χ0n) is 13.3. The molecular weight excluding hydrogens is 301 g/mol. The Morgan fingerprint density at radius 2 is 1.91 bits per heavy atom. The Balaban J connectivity index is 2.15. The van der Waals surface area contributed by atoms with Crippen molar-refractivity contribution < 1.29 is 14.0 Å².